The minimum atomic E-state index is -3.55. The summed E-state index contributed by atoms with van der Waals surface area (Å²) in [6.45, 7) is 0.00804. The molecule has 6 saturated carbocycles. The Kier molecular flexibility index (Phi) is 7.16. The first-order chi connectivity index (χ1) is 17.8. The fraction of sp³-hybridized carbons (Fsp3) is 0.833. The van der Waals surface area contributed by atoms with E-state index in [4.69, 9.17) is 18.9 Å². The van der Waals surface area contributed by atoms with E-state index in [1.807, 2.05) is 0 Å². The molecule has 7 aliphatic rings. The summed E-state index contributed by atoms with van der Waals surface area (Å²) in [5.74, 6) is -6.39. The molecular formula is C24H28B4F2O8. The molecule has 6 aliphatic carbocycles. The van der Waals surface area contributed by atoms with Gasteiger partial charge in [0.2, 0.25) is 0 Å². The van der Waals surface area contributed by atoms with Gasteiger partial charge in [-0.2, -0.15) is 8.78 Å². The molecule has 7 unspecified atom stereocenters. The van der Waals surface area contributed by atoms with Crippen LogP contribution in [0.5, 0.6) is 0 Å². The molecule has 7 fully saturated rings. The molecule has 0 aromatic heterocycles. The maximum atomic E-state index is 13.4. The maximum Gasteiger partial charge on any atom is 0.376 e. The molecule has 1 saturated heterocycles. The lowest BCUT2D eigenvalue weighted by Gasteiger charge is -2.57. The second-order valence-corrected chi connectivity index (χ2v) is 12.0. The zero-order chi connectivity index (χ0) is 27.6. The van der Waals surface area contributed by atoms with E-state index in [9.17, 15) is 28.0 Å². The number of carbonyl (C=O) groups excluding carboxylic acids is 4. The van der Waals surface area contributed by atoms with E-state index >= 15 is 0 Å². The molecule has 0 amide bonds. The lowest BCUT2D eigenvalue weighted by molar-refractivity contribution is -0.208. The predicted octanol–water partition coefficient (Wildman–Crippen LogP) is 0.893. The first-order valence-corrected chi connectivity index (χ1v) is 13.2. The van der Waals surface area contributed by atoms with Crippen LogP contribution in [0.15, 0.2) is 0 Å². The smallest absolute Gasteiger partial charge is 0.376 e. The zero-order valence-corrected chi connectivity index (χ0v) is 21.2. The van der Waals surface area contributed by atoms with Gasteiger partial charge in [-0.25, -0.2) is 9.59 Å². The molecule has 1 aliphatic heterocycles. The van der Waals surface area contributed by atoms with Crippen molar-refractivity contribution in [3.8, 4) is 0 Å². The molecule has 1 heterocycles. The molecule has 0 spiro atoms. The van der Waals surface area contributed by atoms with Crippen molar-refractivity contribution in [3.05, 3.63) is 0 Å². The highest BCUT2D eigenvalue weighted by molar-refractivity contribution is 7.49. The molecule has 6 bridgehead atoms. The number of ether oxygens (including phenoxy) is 4. The van der Waals surface area contributed by atoms with Crippen LogP contribution in [-0.4, -0.2) is 84.3 Å². The quantitative estimate of drug-likeness (QED) is 0.286. The van der Waals surface area contributed by atoms with Gasteiger partial charge in [-0.05, 0) is 62.7 Å². The van der Waals surface area contributed by atoms with Gasteiger partial charge in [0.1, 0.15) is 18.3 Å². The Morgan fingerprint density at radius 2 is 1.63 bits per heavy atom. The van der Waals surface area contributed by atoms with Crippen LogP contribution in [0.25, 0.3) is 0 Å². The molecular weight excluding hydrogens is 498 g/mol. The monoisotopic (exact) mass is 526 g/mol. The van der Waals surface area contributed by atoms with E-state index in [0.717, 1.165) is 19.3 Å². The molecule has 7 atom stereocenters. The van der Waals surface area contributed by atoms with Gasteiger partial charge in [-0.1, -0.05) is 0 Å². The molecule has 0 aromatic carbocycles. The third-order valence-electron chi connectivity index (χ3n) is 9.22. The van der Waals surface area contributed by atoms with Crippen molar-refractivity contribution in [2.45, 2.75) is 76.1 Å². The number of rotatable bonds is 6. The van der Waals surface area contributed by atoms with E-state index in [0.29, 0.717) is 32.6 Å². The van der Waals surface area contributed by atoms with E-state index in [2.05, 4.69) is 23.2 Å². The first kappa shape index (κ1) is 27.6. The Morgan fingerprint density at radius 1 is 1.00 bits per heavy atom. The van der Waals surface area contributed by atoms with Gasteiger partial charge in [-0.3, -0.25) is 9.59 Å². The minimum Gasteiger partial charge on any atom is -0.458 e. The van der Waals surface area contributed by atoms with Crippen LogP contribution < -0.4 is 0 Å². The Bertz CT molecular complexity index is 988. The zero-order valence-electron chi connectivity index (χ0n) is 21.2. The molecule has 14 heteroatoms. The van der Waals surface area contributed by atoms with Crippen LogP contribution in [0.1, 0.15) is 51.9 Å². The summed E-state index contributed by atoms with van der Waals surface area (Å²) in [5, 5.41) is 0. The van der Waals surface area contributed by atoms with Crippen molar-refractivity contribution in [1.29, 1.82) is 0 Å². The van der Waals surface area contributed by atoms with Crippen molar-refractivity contribution in [2.24, 2.45) is 40.9 Å². The lowest BCUT2D eigenvalue weighted by atomic mass is 9.08. The number of esters is 4. The number of fused-ring (bicyclic) bond motifs is 1. The summed E-state index contributed by atoms with van der Waals surface area (Å²) < 4.78 is 48.3. The Morgan fingerprint density at radius 3 is 2.24 bits per heavy atom. The van der Waals surface area contributed by atoms with E-state index < -0.39 is 60.5 Å². The van der Waals surface area contributed by atoms with Crippen molar-refractivity contribution in [1.82, 2.24) is 0 Å². The van der Waals surface area contributed by atoms with E-state index in [1.54, 1.807) is 0 Å². The van der Waals surface area contributed by atoms with E-state index in [-0.39, 0.29) is 41.5 Å². The Hall–Kier alpha value is -2.00. The number of halogens is 2. The predicted molar refractivity (Wildman–Crippen MR) is 130 cm³/mol. The second kappa shape index (κ2) is 9.88. The number of carbonyl (C=O) groups is 4. The van der Waals surface area contributed by atoms with Crippen LogP contribution in [0.3, 0.4) is 0 Å². The van der Waals surface area contributed by atoms with Gasteiger partial charge in [0.05, 0.1) is 11.3 Å². The Labute approximate surface area is 224 Å². The SMILES string of the molecule is CC(F)(F)C(=O)OC1C2CC3CC1CC(C(=O)OCC(=O)OC1C4CC5C(=O)OC1C5C4)(C3)C2.[B]B([B])[B]. The standard InChI is InChI=1S/C24H28F2O8.B4/c1-23(25,26)21(29)34-17-12-2-10-3-13(17)8-24(6-10,7-12)22(30)31-9-16(27)32-18-11-4-14-15(5-11)20(28)33-19(14)18;1-4(2)3/h10-15,17-19H,2-9H2,1H3;. The normalized spacial score (nSPS) is 41.1. The maximum absolute atomic E-state index is 13.4. The van der Waals surface area contributed by atoms with Crippen molar-refractivity contribution < 1.29 is 46.9 Å². The van der Waals surface area contributed by atoms with Gasteiger partial charge in [0.15, 0.2) is 6.61 Å². The summed E-state index contributed by atoms with van der Waals surface area (Å²) in [6, 6.07) is 0. The molecule has 0 aromatic rings. The highest BCUT2D eigenvalue weighted by Crippen LogP contribution is 2.61. The Balaban J connectivity index is 0.000000689. The number of alkyl halides is 2. The van der Waals surface area contributed by atoms with Crippen LogP contribution in [0.4, 0.5) is 8.78 Å². The minimum absolute atomic E-state index is 0.0782. The molecule has 6 radical (unpaired) electrons. The van der Waals surface area contributed by atoms with Crippen molar-refractivity contribution in [3.63, 3.8) is 0 Å². The third kappa shape index (κ3) is 5.01. The molecule has 7 rings (SSSR count). The largest absolute Gasteiger partial charge is 0.458 e. The van der Waals surface area contributed by atoms with Crippen LogP contribution >= 0.6 is 0 Å². The highest BCUT2D eigenvalue weighted by atomic mass is 19.3. The van der Waals surface area contributed by atoms with Crippen molar-refractivity contribution in [2.75, 3.05) is 6.61 Å². The van der Waals surface area contributed by atoms with Gasteiger partial charge in [0.25, 0.3) is 0 Å². The van der Waals surface area contributed by atoms with Crippen LogP contribution in [0, 0.1) is 40.9 Å². The average molecular weight is 526 g/mol. The molecule has 8 nitrogen and oxygen atoms in total. The number of hydrogen-bond acceptors (Lipinski definition) is 8. The summed E-state index contributed by atoms with van der Waals surface area (Å²) in [5.41, 5.74) is -0.783. The fourth-order valence-electron chi connectivity index (χ4n) is 8.18. The number of hydrogen-bond donors (Lipinski definition) is 0. The highest BCUT2D eigenvalue weighted by Gasteiger charge is 2.64. The lowest BCUT2D eigenvalue weighted by Crippen LogP contribution is -2.58. The molecule has 0 N–H and O–H groups in total. The molecule has 38 heavy (non-hydrogen) atoms. The van der Waals surface area contributed by atoms with Gasteiger partial charge in [-0.15, -0.1) is 0 Å². The van der Waals surface area contributed by atoms with Crippen LogP contribution in [0.2, 0.25) is 0 Å². The second-order valence-electron chi connectivity index (χ2n) is 12.0. The first-order valence-electron chi connectivity index (χ1n) is 13.2. The fourth-order valence-corrected chi connectivity index (χ4v) is 8.18. The molecule has 198 valence electrons. The van der Waals surface area contributed by atoms with Crippen molar-refractivity contribution >= 4 is 53.5 Å². The summed E-state index contributed by atoms with van der Waals surface area (Å²) in [7, 11) is 14.0. The van der Waals surface area contributed by atoms with Gasteiger partial charge in [0, 0.05) is 48.4 Å². The van der Waals surface area contributed by atoms with Crippen LogP contribution in [-0.2, 0) is 38.1 Å². The van der Waals surface area contributed by atoms with E-state index in [1.165, 1.54) is 0 Å². The summed E-state index contributed by atoms with van der Waals surface area (Å²) >= 11 is 0. The average Bonchev–Trinajstić information content (AvgIpc) is 3.43. The summed E-state index contributed by atoms with van der Waals surface area (Å²) in [6.07, 6.45) is 2.20. The summed E-state index contributed by atoms with van der Waals surface area (Å²) in [4.78, 5) is 49.2. The van der Waals surface area contributed by atoms with Gasteiger partial charge >= 0.3 is 29.8 Å². The third-order valence-corrected chi connectivity index (χ3v) is 9.22. The van der Waals surface area contributed by atoms with Gasteiger partial charge < -0.3 is 18.9 Å². The topological polar surface area (TPSA) is 105 Å².